The van der Waals surface area contributed by atoms with Crippen molar-refractivity contribution < 1.29 is 18.2 Å². The SMILES string of the molecule is O=C(Cn1c(=O)oc2ccccc21)Nc1ccccc1Cc1nc(-c2ccco2)no1. The molecule has 5 rings (SSSR count). The predicted octanol–water partition coefficient (Wildman–Crippen LogP) is 3.47. The lowest BCUT2D eigenvalue weighted by atomic mass is 10.1. The topological polar surface area (TPSA) is 116 Å². The zero-order valence-corrected chi connectivity index (χ0v) is 16.1. The van der Waals surface area contributed by atoms with Crippen molar-refractivity contribution >= 4 is 22.7 Å². The van der Waals surface area contributed by atoms with E-state index in [1.54, 1.807) is 48.5 Å². The quantitative estimate of drug-likeness (QED) is 0.450. The summed E-state index contributed by atoms with van der Waals surface area (Å²) in [5.74, 6) is 0.302. The summed E-state index contributed by atoms with van der Waals surface area (Å²) in [5, 5.41) is 6.76. The smallest absolute Gasteiger partial charge is 0.420 e. The molecular formula is C22H16N4O5. The third kappa shape index (κ3) is 3.76. The first kappa shape index (κ1) is 18.6. The Hall–Kier alpha value is -4.40. The van der Waals surface area contributed by atoms with Crippen LogP contribution in [0, 0.1) is 0 Å². The molecule has 0 saturated heterocycles. The van der Waals surface area contributed by atoms with Gasteiger partial charge in [-0.1, -0.05) is 35.5 Å². The molecule has 9 nitrogen and oxygen atoms in total. The van der Waals surface area contributed by atoms with Crippen LogP contribution in [-0.4, -0.2) is 20.6 Å². The van der Waals surface area contributed by atoms with Crippen LogP contribution < -0.4 is 11.1 Å². The third-order valence-electron chi connectivity index (χ3n) is 4.72. The normalized spacial score (nSPS) is 11.1. The van der Waals surface area contributed by atoms with Gasteiger partial charge in [0.1, 0.15) is 6.54 Å². The number of anilines is 1. The summed E-state index contributed by atoms with van der Waals surface area (Å²) in [5.41, 5.74) is 2.37. The Kier molecular flexibility index (Phi) is 4.68. The molecule has 0 bridgehead atoms. The van der Waals surface area contributed by atoms with Gasteiger partial charge in [0, 0.05) is 5.69 Å². The first-order chi connectivity index (χ1) is 15.2. The Morgan fingerprint density at radius 1 is 1.03 bits per heavy atom. The van der Waals surface area contributed by atoms with E-state index in [1.165, 1.54) is 10.8 Å². The van der Waals surface area contributed by atoms with E-state index in [0.717, 1.165) is 5.56 Å². The minimum atomic E-state index is -0.582. The molecule has 0 aliphatic carbocycles. The summed E-state index contributed by atoms with van der Waals surface area (Å²) in [6, 6.07) is 17.7. The van der Waals surface area contributed by atoms with Gasteiger partial charge in [-0.3, -0.25) is 9.36 Å². The van der Waals surface area contributed by atoms with Crippen LogP contribution in [0.25, 0.3) is 22.7 Å². The highest BCUT2D eigenvalue weighted by Crippen LogP contribution is 2.21. The maximum atomic E-state index is 12.7. The van der Waals surface area contributed by atoms with Gasteiger partial charge in [0.25, 0.3) is 0 Å². The molecule has 0 saturated carbocycles. The standard InChI is InChI=1S/C22H16N4O5/c27-19(13-26-16-8-3-4-9-17(16)30-22(26)28)23-15-7-2-1-6-14(15)12-20-24-21(25-31-20)18-10-5-11-29-18/h1-11H,12-13H2,(H,23,27). The summed E-state index contributed by atoms with van der Waals surface area (Å²) in [4.78, 5) is 29.1. The molecule has 5 aromatic rings. The molecule has 154 valence electrons. The van der Waals surface area contributed by atoms with Crippen LogP contribution in [0.1, 0.15) is 11.5 Å². The van der Waals surface area contributed by atoms with Crippen molar-refractivity contribution in [3.05, 3.63) is 88.9 Å². The minimum absolute atomic E-state index is 0.173. The zero-order valence-electron chi connectivity index (χ0n) is 16.1. The second-order valence-corrected chi connectivity index (χ2v) is 6.79. The van der Waals surface area contributed by atoms with E-state index < -0.39 is 5.76 Å². The molecule has 1 N–H and O–H groups in total. The number of carbonyl (C=O) groups excluding carboxylic acids is 1. The molecule has 0 aliphatic rings. The van der Waals surface area contributed by atoms with Crippen LogP contribution in [0.15, 0.2) is 85.1 Å². The first-order valence-corrected chi connectivity index (χ1v) is 9.50. The van der Waals surface area contributed by atoms with E-state index in [9.17, 15) is 9.59 Å². The van der Waals surface area contributed by atoms with Crippen molar-refractivity contribution in [3.8, 4) is 11.6 Å². The number of amides is 1. The molecule has 3 heterocycles. The highest BCUT2D eigenvalue weighted by atomic mass is 16.5. The Morgan fingerprint density at radius 3 is 2.74 bits per heavy atom. The van der Waals surface area contributed by atoms with Crippen molar-refractivity contribution in [3.63, 3.8) is 0 Å². The number of rotatable bonds is 6. The molecule has 1 amide bonds. The summed E-state index contributed by atoms with van der Waals surface area (Å²) in [7, 11) is 0. The second-order valence-electron chi connectivity index (χ2n) is 6.79. The maximum Gasteiger partial charge on any atom is 0.420 e. The van der Waals surface area contributed by atoms with Crippen molar-refractivity contribution in [1.82, 2.24) is 14.7 Å². The number of nitrogens with one attached hydrogen (secondary N) is 1. The van der Waals surface area contributed by atoms with E-state index in [-0.39, 0.29) is 12.5 Å². The Morgan fingerprint density at radius 2 is 1.87 bits per heavy atom. The fraction of sp³-hybridized carbons (Fsp3) is 0.0909. The summed E-state index contributed by atoms with van der Waals surface area (Å²) in [6.45, 7) is -0.173. The predicted molar refractivity (Wildman–Crippen MR) is 110 cm³/mol. The van der Waals surface area contributed by atoms with Crippen LogP contribution in [0.2, 0.25) is 0 Å². The molecule has 0 spiro atoms. The van der Waals surface area contributed by atoms with Gasteiger partial charge in [0.15, 0.2) is 11.3 Å². The lowest BCUT2D eigenvalue weighted by molar-refractivity contribution is -0.116. The molecule has 31 heavy (non-hydrogen) atoms. The number of benzene rings is 2. The molecule has 0 aliphatic heterocycles. The van der Waals surface area contributed by atoms with Gasteiger partial charge in [-0.25, -0.2) is 4.79 Å². The van der Waals surface area contributed by atoms with Crippen LogP contribution in [0.5, 0.6) is 0 Å². The highest BCUT2D eigenvalue weighted by molar-refractivity contribution is 5.92. The molecule has 2 aromatic carbocycles. The Labute approximate surface area is 174 Å². The molecule has 3 aromatic heterocycles. The first-order valence-electron chi connectivity index (χ1n) is 9.50. The lowest BCUT2D eigenvalue weighted by Gasteiger charge is -2.10. The van der Waals surface area contributed by atoms with Crippen molar-refractivity contribution in [2.24, 2.45) is 0 Å². The monoisotopic (exact) mass is 416 g/mol. The molecule has 0 radical (unpaired) electrons. The van der Waals surface area contributed by atoms with Crippen molar-refractivity contribution in [2.45, 2.75) is 13.0 Å². The van der Waals surface area contributed by atoms with Crippen LogP contribution in [0.3, 0.4) is 0 Å². The zero-order chi connectivity index (χ0) is 21.2. The second kappa shape index (κ2) is 7.79. The van der Waals surface area contributed by atoms with Gasteiger partial charge >= 0.3 is 5.76 Å². The van der Waals surface area contributed by atoms with Crippen molar-refractivity contribution in [1.29, 1.82) is 0 Å². The van der Waals surface area contributed by atoms with Crippen molar-refractivity contribution in [2.75, 3.05) is 5.32 Å². The minimum Gasteiger partial charge on any atom is -0.461 e. The Bertz CT molecular complexity index is 1410. The maximum absolute atomic E-state index is 12.7. The summed E-state index contributed by atoms with van der Waals surface area (Å²) >= 11 is 0. The fourth-order valence-electron chi connectivity index (χ4n) is 3.29. The lowest BCUT2D eigenvalue weighted by Crippen LogP contribution is -2.25. The van der Waals surface area contributed by atoms with Gasteiger partial charge in [0.05, 0.1) is 18.2 Å². The average Bonchev–Trinajstić information content (AvgIpc) is 3.51. The number of oxazole rings is 1. The number of furan rings is 1. The summed E-state index contributed by atoms with van der Waals surface area (Å²) in [6.07, 6.45) is 1.85. The van der Waals surface area contributed by atoms with Crippen LogP contribution in [0.4, 0.5) is 5.69 Å². The van der Waals surface area contributed by atoms with Crippen LogP contribution in [-0.2, 0) is 17.8 Å². The molecular weight excluding hydrogens is 400 g/mol. The number of nitrogens with zero attached hydrogens (tertiary/aromatic N) is 3. The van der Waals surface area contributed by atoms with E-state index in [2.05, 4.69) is 15.5 Å². The molecule has 0 unspecified atom stereocenters. The number of hydrogen-bond acceptors (Lipinski definition) is 7. The van der Waals surface area contributed by atoms with Crippen LogP contribution >= 0.6 is 0 Å². The number of fused-ring (bicyclic) bond motifs is 1. The fourth-order valence-corrected chi connectivity index (χ4v) is 3.29. The number of hydrogen-bond donors (Lipinski definition) is 1. The average molecular weight is 416 g/mol. The van der Waals surface area contributed by atoms with Gasteiger partial charge in [-0.05, 0) is 35.9 Å². The highest BCUT2D eigenvalue weighted by Gasteiger charge is 2.16. The van der Waals surface area contributed by atoms with E-state index in [1.807, 2.05) is 12.1 Å². The summed E-state index contributed by atoms with van der Waals surface area (Å²) < 4.78 is 17.1. The Balaban J connectivity index is 1.34. The molecule has 0 atom stereocenters. The van der Waals surface area contributed by atoms with Gasteiger partial charge in [0.2, 0.25) is 17.6 Å². The molecule has 0 fully saturated rings. The largest absolute Gasteiger partial charge is 0.461 e. The molecule has 9 heteroatoms. The number of para-hydroxylation sites is 3. The van der Waals surface area contributed by atoms with E-state index in [4.69, 9.17) is 13.4 Å². The number of carbonyl (C=O) groups is 1. The third-order valence-corrected chi connectivity index (χ3v) is 4.72. The van der Waals surface area contributed by atoms with E-state index in [0.29, 0.717) is 40.7 Å². The van der Waals surface area contributed by atoms with Gasteiger partial charge in [-0.2, -0.15) is 4.98 Å². The van der Waals surface area contributed by atoms with Gasteiger partial charge in [-0.15, -0.1) is 0 Å². The number of aromatic nitrogens is 3. The van der Waals surface area contributed by atoms with E-state index >= 15 is 0 Å². The van der Waals surface area contributed by atoms with Gasteiger partial charge < -0.3 is 18.7 Å².